The van der Waals surface area contributed by atoms with Crippen molar-refractivity contribution in [1.82, 2.24) is 0 Å². The highest BCUT2D eigenvalue weighted by molar-refractivity contribution is 5.86. The van der Waals surface area contributed by atoms with Crippen LogP contribution in [0.5, 0.6) is 5.75 Å². The topological polar surface area (TPSA) is 21.6 Å². The fraction of sp³-hybridized carbons (Fsp3) is 0.300. The molecule has 2 heteroatoms. The first-order valence-corrected chi connectivity index (χ1v) is 4.07. The minimum atomic E-state index is 0.903. The van der Waals surface area contributed by atoms with Crippen molar-refractivity contribution in [3.05, 3.63) is 29.3 Å². The second kappa shape index (κ2) is 2.97. The van der Waals surface area contributed by atoms with Gasteiger partial charge in [0.05, 0.1) is 7.11 Å². The Balaban J connectivity index is 2.54. The van der Waals surface area contributed by atoms with E-state index in [0.29, 0.717) is 0 Å². The van der Waals surface area contributed by atoms with E-state index in [0.717, 1.165) is 24.3 Å². The van der Waals surface area contributed by atoms with Crippen molar-refractivity contribution < 1.29 is 4.74 Å². The van der Waals surface area contributed by atoms with Gasteiger partial charge in [0.1, 0.15) is 5.75 Å². The fourth-order valence-electron chi connectivity index (χ4n) is 1.47. The summed E-state index contributed by atoms with van der Waals surface area (Å²) in [5.74, 6) is 0.927. The van der Waals surface area contributed by atoms with Crippen LogP contribution in [0.1, 0.15) is 11.1 Å². The van der Waals surface area contributed by atoms with Gasteiger partial charge in [-0.05, 0) is 18.1 Å². The molecule has 0 amide bonds. The van der Waals surface area contributed by atoms with Gasteiger partial charge in [0, 0.05) is 18.3 Å². The molecule has 0 saturated heterocycles. The smallest absolute Gasteiger partial charge is 0.127 e. The first kappa shape index (κ1) is 7.35. The molecular weight excluding hydrogens is 150 g/mol. The lowest BCUT2D eigenvalue weighted by molar-refractivity contribution is 0.413. The lowest BCUT2D eigenvalue weighted by atomic mass is 10.0. The predicted octanol–water partition coefficient (Wildman–Crippen LogP) is 1.67. The Labute approximate surface area is 71.9 Å². The molecule has 62 valence electrons. The number of benzene rings is 1. The number of hydrogen-bond acceptors (Lipinski definition) is 2. The molecule has 0 spiro atoms. The number of methoxy groups -OCH3 is 1. The van der Waals surface area contributed by atoms with E-state index in [1.54, 1.807) is 7.11 Å². The zero-order valence-electron chi connectivity index (χ0n) is 7.08. The summed E-state index contributed by atoms with van der Waals surface area (Å²) >= 11 is 0. The number of nitrogens with zero attached hydrogens (tertiary/aromatic N) is 1. The van der Waals surface area contributed by atoms with Crippen LogP contribution in [0.2, 0.25) is 0 Å². The highest BCUT2D eigenvalue weighted by Crippen LogP contribution is 2.22. The molecule has 0 bridgehead atoms. The molecule has 1 heterocycles. The van der Waals surface area contributed by atoms with Crippen molar-refractivity contribution in [2.45, 2.75) is 6.42 Å². The van der Waals surface area contributed by atoms with Gasteiger partial charge in [0.15, 0.2) is 0 Å². The van der Waals surface area contributed by atoms with Crippen molar-refractivity contribution in [2.75, 3.05) is 13.7 Å². The number of ether oxygens (including phenoxy) is 1. The largest absolute Gasteiger partial charge is 0.496 e. The van der Waals surface area contributed by atoms with E-state index >= 15 is 0 Å². The summed E-state index contributed by atoms with van der Waals surface area (Å²) in [6, 6.07) is 6.12. The van der Waals surface area contributed by atoms with E-state index in [1.807, 2.05) is 18.3 Å². The van der Waals surface area contributed by atoms with Gasteiger partial charge in [-0.3, -0.25) is 4.99 Å². The van der Waals surface area contributed by atoms with Gasteiger partial charge in [0.2, 0.25) is 0 Å². The first-order valence-electron chi connectivity index (χ1n) is 4.07. The summed E-state index contributed by atoms with van der Waals surface area (Å²) in [7, 11) is 1.69. The van der Waals surface area contributed by atoms with Crippen molar-refractivity contribution in [3.8, 4) is 5.75 Å². The lowest BCUT2D eigenvalue weighted by Crippen LogP contribution is -2.04. The van der Waals surface area contributed by atoms with E-state index < -0.39 is 0 Å². The number of rotatable bonds is 1. The Morgan fingerprint density at radius 3 is 3.17 bits per heavy atom. The molecule has 2 rings (SSSR count). The quantitative estimate of drug-likeness (QED) is 0.614. The Hall–Kier alpha value is -1.31. The SMILES string of the molecule is COc1cccc2c1C=NCC2. The monoisotopic (exact) mass is 161 g/mol. The Kier molecular flexibility index (Phi) is 1.82. The molecule has 0 saturated carbocycles. The minimum absolute atomic E-state index is 0.903. The number of fused-ring (bicyclic) bond motifs is 1. The summed E-state index contributed by atoms with van der Waals surface area (Å²) < 4.78 is 5.22. The molecule has 0 unspecified atom stereocenters. The summed E-state index contributed by atoms with van der Waals surface area (Å²) in [4.78, 5) is 4.22. The summed E-state index contributed by atoms with van der Waals surface area (Å²) in [5.41, 5.74) is 2.48. The van der Waals surface area contributed by atoms with Crippen LogP contribution >= 0.6 is 0 Å². The van der Waals surface area contributed by atoms with Crippen molar-refractivity contribution in [3.63, 3.8) is 0 Å². The van der Waals surface area contributed by atoms with Crippen molar-refractivity contribution in [2.24, 2.45) is 4.99 Å². The maximum atomic E-state index is 5.22. The third-order valence-electron chi connectivity index (χ3n) is 2.11. The second-order valence-electron chi connectivity index (χ2n) is 2.82. The molecule has 2 nitrogen and oxygen atoms in total. The summed E-state index contributed by atoms with van der Waals surface area (Å²) in [6.07, 6.45) is 2.93. The van der Waals surface area contributed by atoms with Crippen LogP contribution in [0.15, 0.2) is 23.2 Å². The average Bonchev–Trinajstić information content (AvgIpc) is 2.17. The molecule has 1 aromatic carbocycles. The molecule has 0 aliphatic carbocycles. The van der Waals surface area contributed by atoms with E-state index in [2.05, 4.69) is 11.1 Å². The molecule has 1 aliphatic rings. The maximum Gasteiger partial charge on any atom is 0.127 e. The van der Waals surface area contributed by atoms with Crippen molar-refractivity contribution >= 4 is 6.21 Å². The van der Waals surface area contributed by atoms with Gasteiger partial charge in [-0.25, -0.2) is 0 Å². The zero-order chi connectivity index (χ0) is 8.39. The first-order chi connectivity index (χ1) is 5.92. The molecular formula is C10H11NO. The van der Waals surface area contributed by atoms with Gasteiger partial charge in [0.25, 0.3) is 0 Å². The zero-order valence-corrected chi connectivity index (χ0v) is 7.08. The molecule has 0 N–H and O–H groups in total. The normalized spacial score (nSPS) is 14.1. The van der Waals surface area contributed by atoms with Crippen LogP contribution < -0.4 is 4.74 Å². The van der Waals surface area contributed by atoms with Crippen molar-refractivity contribution in [1.29, 1.82) is 0 Å². The van der Waals surface area contributed by atoms with E-state index in [-0.39, 0.29) is 0 Å². The fourth-order valence-corrected chi connectivity index (χ4v) is 1.47. The van der Waals surface area contributed by atoms with Crippen LogP contribution in [-0.4, -0.2) is 19.9 Å². The van der Waals surface area contributed by atoms with Gasteiger partial charge in [-0.15, -0.1) is 0 Å². The number of aliphatic imine (C=N–C) groups is 1. The van der Waals surface area contributed by atoms with Crippen LogP contribution in [-0.2, 0) is 6.42 Å². The summed E-state index contributed by atoms with van der Waals surface area (Å²) in [5, 5.41) is 0. The summed E-state index contributed by atoms with van der Waals surface area (Å²) in [6.45, 7) is 0.903. The van der Waals surface area contributed by atoms with Gasteiger partial charge in [-0.2, -0.15) is 0 Å². The predicted molar refractivity (Wildman–Crippen MR) is 49.2 cm³/mol. The van der Waals surface area contributed by atoms with Gasteiger partial charge < -0.3 is 4.74 Å². The lowest BCUT2D eigenvalue weighted by Gasteiger charge is -2.12. The molecule has 0 radical (unpaired) electrons. The highest BCUT2D eigenvalue weighted by atomic mass is 16.5. The van der Waals surface area contributed by atoms with Gasteiger partial charge in [-0.1, -0.05) is 12.1 Å². The minimum Gasteiger partial charge on any atom is -0.496 e. The van der Waals surface area contributed by atoms with E-state index in [4.69, 9.17) is 4.74 Å². The average molecular weight is 161 g/mol. The van der Waals surface area contributed by atoms with Crippen LogP contribution in [0.25, 0.3) is 0 Å². The number of hydrogen-bond donors (Lipinski definition) is 0. The molecule has 1 aliphatic heterocycles. The van der Waals surface area contributed by atoms with Gasteiger partial charge >= 0.3 is 0 Å². The molecule has 12 heavy (non-hydrogen) atoms. The van der Waals surface area contributed by atoms with E-state index in [1.165, 1.54) is 5.56 Å². The third kappa shape index (κ3) is 1.09. The highest BCUT2D eigenvalue weighted by Gasteiger charge is 2.08. The van der Waals surface area contributed by atoms with Crippen LogP contribution in [0.4, 0.5) is 0 Å². The third-order valence-corrected chi connectivity index (χ3v) is 2.11. The second-order valence-corrected chi connectivity index (χ2v) is 2.82. The van der Waals surface area contributed by atoms with E-state index in [9.17, 15) is 0 Å². The maximum absolute atomic E-state index is 5.22. The Morgan fingerprint density at radius 1 is 1.42 bits per heavy atom. The molecule has 0 fully saturated rings. The molecule has 1 aromatic rings. The molecule has 0 atom stereocenters. The molecule has 0 aromatic heterocycles. The Bertz CT molecular complexity index is 318. The van der Waals surface area contributed by atoms with Crippen LogP contribution in [0.3, 0.4) is 0 Å². The standard InChI is InChI=1S/C10H11NO/c1-12-10-4-2-3-8-5-6-11-7-9(8)10/h2-4,7H,5-6H2,1H3. The Morgan fingerprint density at radius 2 is 2.33 bits per heavy atom. The van der Waals surface area contributed by atoms with Crippen LogP contribution in [0, 0.1) is 0 Å².